The number of hydrogen-bond donors (Lipinski definition) is 0. The summed E-state index contributed by atoms with van der Waals surface area (Å²) in [5.74, 6) is 0.946. The highest BCUT2D eigenvalue weighted by Crippen LogP contribution is 2.34. The first kappa shape index (κ1) is 21.6. The number of aliphatic imine (C=N–C) groups is 2. The van der Waals surface area contributed by atoms with Gasteiger partial charge in [-0.1, -0.05) is 78.5 Å². The zero-order valence-electron chi connectivity index (χ0n) is 17.5. The summed E-state index contributed by atoms with van der Waals surface area (Å²) in [6, 6.07) is 6.59. The van der Waals surface area contributed by atoms with Crippen molar-refractivity contribution in [3.05, 3.63) is 29.3 Å². The fourth-order valence-electron chi connectivity index (χ4n) is 2.97. The van der Waals surface area contributed by atoms with Crippen molar-refractivity contribution in [3.63, 3.8) is 0 Å². The van der Waals surface area contributed by atoms with Crippen LogP contribution in [0.4, 0.5) is 5.69 Å². The molecule has 1 rings (SSSR count). The van der Waals surface area contributed by atoms with E-state index in [4.69, 9.17) is 9.98 Å². The Hall–Kier alpha value is -1.44. The monoisotopic (exact) mass is 342 g/mol. The molecule has 0 amide bonds. The van der Waals surface area contributed by atoms with E-state index in [0.29, 0.717) is 11.8 Å². The van der Waals surface area contributed by atoms with Gasteiger partial charge in [0.25, 0.3) is 0 Å². The molecular weight excluding hydrogens is 304 g/mol. The maximum Gasteiger partial charge on any atom is 0.0702 e. The average molecular weight is 343 g/mol. The van der Waals surface area contributed by atoms with Crippen LogP contribution in [0.15, 0.2) is 28.2 Å². The van der Waals surface area contributed by atoms with Gasteiger partial charge in [0.2, 0.25) is 0 Å². The van der Waals surface area contributed by atoms with Crippen LogP contribution in [-0.2, 0) is 0 Å². The molecule has 140 valence electrons. The quantitative estimate of drug-likeness (QED) is 0.311. The molecule has 0 aliphatic rings. The first-order valence-corrected chi connectivity index (χ1v) is 10.1. The van der Waals surface area contributed by atoms with E-state index in [-0.39, 0.29) is 0 Å². The van der Waals surface area contributed by atoms with Crippen molar-refractivity contribution >= 4 is 17.1 Å². The number of nitrogens with zero attached hydrogens (tertiary/aromatic N) is 2. The second kappa shape index (κ2) is 11.2. The normalized spacial score (nSPS) is 13.2. The Morgan fingerprint density at radius 1 is 0.840 bits per heavy atom. The molecular formula is C23H38N2. The zero-order valence-corrected chi connectivity index (χ0v) is 17.5. The Morgan fingerprint density at radius 3 is 1.92 bits per heavy atom. The third-order valence-corrected chi connectivity index (χ3v) is 4.76. The molecule has 0 heterocycles. The van der Waals surface area contributed by atoms with Crippen molar-refractivity contribution in [1.29, 1.82) is 0 Å². The van der Waals surface area contributed by atoms with Gasteiger partial charge in [-0.3, -0.25) is 9.98 Å². The second-order valence-electron chi connectivity index (χ2n) is 7.67. The molecule has 0 aliphatic carbocycles. The Labute approximate surface area is 155 Å². The highest BCUT2D eigenvalue weighted by atomic mass is 14.8. The highest BCUT2D eigenvalue weighted by molar-refractivity contribution is 6.41. The van der Waals surface area contributed by atoms with Gasteiger partial charge in [-0.05, 0) is 43.2 Å². The van der Waals surface area contributed by atoms with E-state index in [0.717, 1.165) is 23.7 Å². The van der Waals surface area contributed by atoms with E-state index in [2.05, 4.69) is 66.7 Å². The van der Waals surface area contributed by atoms with Crippen LogP contribution in [0.1, 0.15) is 104 Å². The maximum absolute atomic E-state index is 5.02. The number of para-hydroxylation sites is 1. The summed E-state index contributed by atoms with van der Waals surface area (Å²) in [6.45, 7) is 16.3. The SMILES string of the molecule is CCCCCCCN=C(C)C(C)=Nc1c(C(C)C)cccc1C(C)C. The minimum atomic E-state index is 0.473. The van der Waals surface area contributed by atoms with Crippen LogP contribution in [0.25, 0.3) is 0 Å². The van der Waals surface area contributed by atoms with Gasteiger partial charge in [-0.25, -0.2) is 0 Å². The number of rotatable bonds is 10. The average Bonchev–Trinajstić information content (AvgIpc) is 2.57. The van der Waals surface area contributed by atoms with Gasteiger partial charge in [0.05, 0.1) is 17.1 Å². The van der Waals surface area contributed by atoms with Crippen LogP contribution in [-0.4, -0.2) is 18.0 Å². The van der Waals surface area contributed by atoms with Crippen LogP contribution in [0.5, 0.6) is 0 Å². The molecule has 0 radical (unpaired) electrons. The largest absolute Gasteiger partial charge is 0.288 e. The molecule has 0 saturated carbocycles. The Bertz CT molecular complexity index is 554. The minimum absolute atomic E-state index is 0.473. The molecule has 0 atom stereocenters. The Kier molecular flexibility index (Phi) is 9.70. The van der Waals surface area contributed by atoms with E-state index in [1.165, 1.54) is 43.2 Å². The number of hydrogen-bond acceptors (Lipinski definition) is 2. The van der Waals surface area contributed by atoms with Crippen LogP contribution < -0.4 is 0 Å². The smallest absolute Gasteiger partial charge is 0.0702 e. The summed E-state index contributed by atoms with van der Waals surface area (Å²) < 4.78 is 0. The first-order chi connectivity index (χ1) is 11.9. The number of benzene rings is 1. The van der Waals surface area contributed by atoms with E-state index in [1.807, 2.05) is 0 Å². The van der Waals surface area contributed by atoms with E-state index < -0.39 is 0 Å². The fourth-order valence-corrected chi connectivity index (χ4v) is 2.97. The summed E-state index contributed by atoms with van der Waals surface area (Å²) in [6.07, 6.45) is 6.44. The molecule has 25 heavy (non-hydrogen) atoms. The summed E-state index contributed by atoms with van der Waals surface area (Å²) in [5.41, 5.74) is 5.94. The van der Waals surface area contributed by atoms with Crippen molar-refractivity contribution < 1.29 is 0 Å². The lowest BCUT2D eigenvalue weighted by atomic mass is 9.93. The predicted molar refractivity (Wildman–Crippen MR) is 114 cm³/mol. The third kappa shape index (κ3) is 7.13. The van der Waals surface area contributed by atoms with Gasteiger partial charge in [-0.2, -0.15) is 0 Å². The van der Waals surface area contributed by atoms with Crippen molar-refractivity contribution in [2.45, 2.75) is 92.4 Å². The molecule has 1 aromatic carbocycles. The molecule has 0 N–H and O–H groups in total. The van der Waals surface area contributed by atoms with Crippen molar-refractivity contribution in [2.24, 2.45) is 9.98 Å². The topological polar surface area (TPSA) is 24.7 Å². The predicted octanol–water partition coefficient (Wildman–Crippen LogP) is 7.46. The molecule has 2 nitrogen and oxygen atoms in total. The molecule has 0 bridgehead atoms. The molecule has 1 aromatic rings. The number of unbranched alkanes of at least 4 members (excludes halogenated alkanes) is 4. The van der Waals surface area contributed by atoms with Crippen LogP contribution in [0.3, 0.4) is 0 Å². The lowest BCUT2D eigenvalue weighted by molar-refractivity contribution is 0.638. The van der Waals surface area contributed by atoms with Gasteiger partial charge in [-0.15, -0.1) is 0 Å². The molecule has 2 heteroatoms. The second-order valence-corrected chi connectivity index (χ2v) is 7.67. The van der Waals surface area contributed by atoms with Gasteiger partial charge >= 0.3 is 0 Å². The lowest BCUT2D eigenvalue weighted by Crippen LogP contribution is -2.07. The van der Waals surface area contributed by atoms with Crippen LogP contribution in [0, 0.1) is 0 Å². The molecule has 0 unspecified atom stereocenters. The zero-order chi connectivity index (χ0) is 18.8. The van der Waals surface area contributed by atoms with E-state index >= 15 is 0 Å². The molecule has 0 spiro atoms. The minimum Gasteiger partial charge on any atom is -0.288 e. The van der Waals surface area contributed by atoms with Gasteiger partial charge in [0.15, 0.2) is 0 Å². The Balaban J connectivity index is 2.93. The van der Waals surface area contributed by atoms with Gasteiger partial charge < -0.3 is 0 Å². The standard InChI is InChI=1S/C23H38N2/c1-8-9-10-11-12-16-24-19(6)20(7)25-23-21(17(2)3)14-13-15-22(23)18(4)5/h13-15,17-18H,8-12,16H2,1-7H3. The maximum atomic E-state index is 5.02. The third-order valence-electron chi connectivity index (χ3n) is 4.76. The molecule has 0 saturated heterocycles. The molecule has 0 fully saturated rings. The highest BCUT2D eigenvalue weighted by Gasteiger charge is 2.13. The fraction of sp³-hybridized carbons (Fsp3) is 0.652. The van der Waals surface area contributed by atoms with Crippen molar-refractivity contribution in [3.8, 4) is 0 Å². The summed E-state index contributed by atoms with van der Waals surface area (Å²) in [4.78, 5) is 9.77. The van der Waals surface area contributed by atoms with E-state index in [9.17, 15) is 0 Å². The summed E-state index contributed by atoms with van der Waals surface area (Å²) in [7, 11) is 0. The van der Waals surface area contributed by atoms with Crippen molar-refractivity contribution in [1.82, 2.24) is 0 Å². The Morgan fingerprint density at radius 2 is 1.40 bits per heavy atom. The van der Waals surface area contributed by atoms with E-state index in [1.54, 1.807) is 0 Å². The van der Waals surface area contributed by atoms with Crippen LogP contribution in [0.2, 0.25) is 0 Å². The van der Waals surface area contributed by atoms with Crippen LogP contribution >= 0.6 is 0 Å². The lowest BCUT2D eigenvalue weighted by Gasteiger charge is -2.17. The van der Waals surface area contributed by atoms with Gasteiger partial charge in [0, 0.05) is 6.54 Å². The molecule has 0 aromatic heterocycles. The van der Waals surface area contributed by atoms with Crippen molar-refractivity contribution in [2.75, 3.05) is 6.54 Å². The first-order valence-electron chi connectivity index (χ1n) is 10.1. The summed E-state index contributed by atoms with van der Waals surface area (Å²) in [5, 5.41) is 0. The van der Waals surface area contributed by atoms with Gasteiger partial charge in [0.1, 0.15) is 0 Å². The summed E-state index contributed by atoms with van der Waals surface area (Å²) >= 11 is 0. The molecule has 0 aliphatic heterocycles.